The third-order valence-electron chi connectivity index (χ3n) is 4.22. The van der Waals surface area contributed by atoms with Crippen molar-refractivity contribution < 1.29 is 0 Å². The van der Waals surface area contributed by atoms with Gasteiger partial charge in [0.1, 0.15) is 0 Å². The van der Waals surface area contributed by atoms with E-state index in [1.165, 1.54) is 56.9 Å². The second kappa shape index (κ2) is 5.91. The average Bonchev–Trinajstić information content (AvgIpc) is 2.82. The zero-order valence-corrected chi connectivity index (χ0v) is 12.3. The molecule has 0 radical (unpaired) electrons. The maximum absolute atomic E-state index is 5.97. The van der Waals surface area contributed by atoms with Gasteiger partial charge in [-0.05, 0) is 37.9 Å². The van der Waals surface area contributed by atoms with Gasteiger partial charge >= 0.3 is 0 Å². The molecule has 100 valence electrons. The lowest BCUT2D eigenvalue weighted by Gasteiger charge is -2.44. The number of halogens is 1. The van der Waals surface area contributed by atoms with Crippen molar-refractivity contribution in [3.8, 4) is 0 Å². The maximum atomic E-state index is 5.97. The molecule has 2 aliphatic heterocycles. The van der Waals surface area contributed by atoms with Gasteiger partial charge in [-0.2, -0.15) is 0 Å². The van der Waals surface area contributed by atoms with E-state index < -0.39 is 0 Å². The van der Waals surface area contributed by atoms with Crippen LogP contribution in [-0.4, -0.2) is 48.6 Å². The van der Waals surface area contributed by atoms with Crippen LogP contribution in [0.25, 0.3) is 0 Å². The van der Waals surface area contributed by atoms with Crippen LogP contribution < -0.4 is 0 Å². The van der Waals surface area contributed by atoms with Crippen molar-refractivity contribution in [3.63, 3.8) is 0 Å². The fraction of sp³-hybridized carbons (Fsp3) is 0.714. The summed E-state index contributed by atoms with van der Waals surface area (Å²) in [5, 5.41) is 0. The van der Waals surface area contributed by atoms with E-state index in [9.17, 15) is 0 Å². The third kappa shape index (κ3) is 3.08. The lowest BCUT2D eigenvalue weighted by atomic mass is 9.99. The lowest BCUT2D eigenvalue weighted by Crippen LogP contribution is -2.54. The molecule has 2 fully saturated rings. The highest BCUT2D eigenvalue weighted by molar-refractivity contribution is 7.16. The summed E-state index contributed by atoms with van der Waals surface area (Å²) in [5.41, 5.74) is 0. The zero-order chi connectivity index (χ0) is 12.4. The summed E-state index contributed by atoms with van der Waals surface area (Å²) >= 11 is 7.70. The Labute approximate surface area is 119 Å². The van der Waals surface area contributed by atoms with Crippen molar-refractivity contribution in [1.29, 1.82) is 0 Å². The summed E-state index contributed by atoms with van der Waals surface area (Å²) in [4.78, 5) is 6.76. The van der Waals surface area contributed by atoms with Gasteiger partial charge in [-0.25, -0.2) is 0 Å². The molecule has 3 rings (SSSR count). The van der Waals surface area contributed by atoms with Crippen molar-refractivity contribution >= 4 is 22.9 Å². The minimum absolute atomic E-state index is 0.833. The molecule has 2 aliphatic rings. The van der Waals surface area contributed by atoms with Crippen molar-refractivity contribution in [2.45, 2.75) is 31.7 Å². The van der Waals surface area contributed by atoms with Crippen LogP contribution in [0.1, 0.15) is 24.1 Å². The molecule has 0 spiro atoms. The Morgan fingerprint density at radius 2 is 2.17 bits per heavy atom. The van der Waals surface area contributed by atoms with Gasteiger partial charge in [-0.1, -0.05) is 18.0 Å². The minimum Gasteiger partial charge on any atom is -0.300 e. The molecule has 0 amide bonds. The number of rotatable bonds is 3. The first kappa shape index (κ1) is 12.9. The monoisotopic (exact) mass is 284 g/mol. The molecule has 18 heavy (non-hydrogen) atoms. The van der Waals surface area contributed by atoms with Gasteiger partial charge in [0.25, 0.3) is 0 Å². The van der Waals surface area contributed by atoms with Crippen molar-refractivity contribution in [2.75, 3.05) is 32.7 Å². The normalized spacial score (nSPS) is 26.2. The molecule has 2 saturated heterocycles. The SMILES string of the molecule is Clc1ccc(CCN2CCN3CCCCC3C2)s1. The highest BCUT2D eigenvalue weighted by Crippen LogP contribution is 2.24. The number of piperidine rings is 1. The van der Waals surface area contributed by atoms with Gasteiger partial charge in [-0.15, -0.1) is 11.3 Å². The number of hydrogen-bond donors (Lipinski definition) is 0. The molecule has 4 heteroatoms. The Balaban J connectivity index is 1.49. The molecular weight excluding hydrogens is 264 g/mol. The quantitative estimate of drug-likeness (QED) is 0.841. The summed E-state index contributed by atoms with van der Waals surface area (Å²) in [6, 6.07) is 5.02. The van der Waals surface area contributed by atoms with E-state index in [4.69, 9.17) is 11.6 Å². The van der Waals surface area contributed by atoms with Gasteiger partial charge in [0, 0.05) is 37.1 Å². The van der Waals surface area contributed by atoms with Gasteiger partial charge < -0.3 is 4.90 Å². The molecule has 1 aromatic rings. The molecule has 0 bridgehead atoms. The fourth-order valence-electron chi connectivity index (χ4n) is 3.18. The third-order valence-corrected chi connectivity index (χ3v) is 5.52. The molecule has 1 unspecified atom stereocenters. The smallest absolute Gasteiger partial charge is 0.0931 e. The Bertz CT molecular complexity index is 393. The predicted molar refractivity (Wildman–Crippen MR) is 78.7 cm³/mol. The second-order valence-electron chi connectivity index (χ2n) is 5.44. The van der Waals surface area contributed by atoms with Gasteiger partial charge in [0.2, 0.25) is 0 Å². The van der Waals surface area contributed by atoms with Crippen molar-refractivity contribution in [3.05, 3.63) is 21.3 Å². The first-order valence-electron chi connectivity index (χ1n) is 7.02. The molecule has 2 nitrogen and oxygen atoms in total. The highest BCUT2D eigenvalue weighted by Gasteiger charge is 2.28. The first-order valence-corrected chi connectivity index (χ1v) is 8.21. The Hall–Kier alpha value is -0.0900. The summed E-state index contributed by atoms with van der Waals surface area (Å²) < 4.78 is 0.919. The van der Waals surface area contributed by atoms with Crippen LogP contribution in [0.3, 0.4) is 0 Å². The lowest BCUT2D eigenvalue weighted by molar-refractivity contribution is 0.0501. The Kier molecular flexibility index (Phi) is 4.24. The topological polar surface area (TPSA) is 6.48 Å². The van der Waals surface area contributed by atoms with E-state index in [0.29, 0.717) is 0 Å². The van der Waals surface area contributed by atoms with Gasteiger partial charge in [0.05, 0.1) is 4.34 Å². The fourth-order valence-corrected chi connectivity index (χ4v) is 4.25. The Morgan fingerprint density at radius 3 is 3.00 bits per heavy atom. The van der Waals surface area contributed by atoms with E-state index in [1.807, 2.05) is 6.07 Å². The molecule has 0 N–H and O–H groups in total. The minimum atomic E-state index is 0.833. The van der Waals surface area contributed by atoms with E-state index in [1.54, 1.807) is 11.3 Å². The number of nitrogens with zero attached hydrogens (tertiary/aromatic N) is 2. The molecule has 1 aromatic heterocycles. The summed E-state index contributed by atoms with van der Waals surface area (Å²) in [6.07, 6.45) is 5.39. The molecule has 0 aliphatic carbocycles. The van der Waals surface area contributed by atoms with Crippen LogP contribution >= 0.6 is 22.9 Å². The summed E-state index contributed by atoms with van der Waals surface area (Å²) in [5.74, 6) is 0. The standard InChI is InChI=1S/C14H21ClN2S/c15-14-5-4-13(18-14)6-8-16-9-10-17-7-2-1-3-12(17)11-16/h4-5,12H,1-3,6-11H2. The van der Waals surface area contributed by atoms with Crippen LogP contribution in [0.2, 0.25) is 4.34 Å². The number of hydrogen-bond acceptors (Lipinski definition) is 3. The van der Waals surface area contributed by atoms with Crippen LogP contribution in [-0.2, 0) is 6.42 Å². The molecule has 1 atom stereocenters. The second-order valence-corrected chi connectivity index (χ2v) is 7.24. The van der Waals surface area contributed by atoms with Crippen molar-refractivity contribution in [1.82, 2.24) is 9.80 Å². The Morgan fingerprint density at radius 1 is 1.22 bits per heavy atom. The van der Waals surface area contributed by atoms with Gasteiger partial charge in [-0.3, -0.25) is 4.90 Å². The van der Waals surface area contributed by atoms with E-state index in [0.717, 1.165) is 16.8 Å². The zero-order valence-electron chi connectivity index (χ0n) is 10.8. The summed E-state index contributed by atoms with van der Waals surface area (Å²) in [6.45, 7) is 6.32. The molecule has 0 saturated carbocycles. The van der Waals surface area contributed by atoms with E-state index in [2.05, 4.69) is 15.9 Å². The van der Waals surface area contributed by atoms with E-state index in [-0.39, 0.29) is 0 Å². The number of thiophene rings is 1. The van der Waals surface area contributed by atoms with E-state index >= 15 is 0 Å². The van der Waals surface area contributed by atoms with Crippen LogP contribution in [0.5, 0.6) is 0 Å². The molecule has 0 aromatic carbocycles. The number of piperazine rings is 1. The highest BCUT2D eigenvalue weighted by atomic mass is 35.5. The first-order chi connectivity index (χ1) is 8.81. The number of fused-ring (bicyclic) bond motifs is 1. The summed E-state index contributed by atoms with van der Waals surface area (Å²) in [7, 11) is 0. The van der Waals surface area contributed by atoms with Crippen LogP contribution in [0.15, 0.2) is 12.1 Å². The average molecular weight is 285 g/mol. The van der Waals surface area contributed by atoms with Crippen LogP contribution in [0, 0.1) is 0 Å². The van der Waals surface area contributed by atoms with Crippen LogP contribution in [0.4, 0.5) is 0 Å². The molecule has 3 heterocycles. The maximum Gasteiger partial charge on any atom is 0.0931 e. The molecular formula is C14H21ClN2S. The van der Waals surface area contributed by atoms with Crippen molar-refractivity contribution in [2.24, 2.45) is 0 Å². The predicted octanol–water partition coefficient (Wildman–Crippen LogP) is 3.11. The largest absolute Gasteiger partial charge is 0.300 e. The van der Waals surface area contributed by atoms with Gasteiger partial charge in [0.15, 0.2) is 0 Å².